The summed E-state index contributed by atoms with van der Waals surface area (Å²) < 4.78 is 5.22. The fourth-order valence-corrected chi connectivity index (χ4v) is 2.08. The maximum absolute atomic E-state index is 12.2. The van der Waals surface area contributed by atoms with Crippen LogP contribution in [0.5, 0.6) is 0 Å². The van der Waals surface area contributed by atoms with E-state index in [1.807, 2.05) is 0 Å². The highest BCUT2D eigenvalue weighted by molar-refractivity contribution is 6.33. The Labute approximate surface area is 105 Å². The van der Waals surface area contributed by atoms with Crippen LogP contribution in [0.4, 0.5) is 5.82 Å². The lowest BCUT2D eigenvalue weighted by molar-refractivity contribution is 0.0724. The number of likely N-dealkylation sites (tertiary alicyclic amines) is 1. The topological polar surface area (TPSA) is 68.5 Å². The molecule has 5 nitrogen and oxygen atoms in total. The molecule has 0 bridgehead atoms. The smallest absolute Gasteiger partial charge is 0.255 e. The first-order valence-corrected chi connectivity index (χ1v) is 5.72. The fraction of sp³-hybridized carbons (Fsp3) is 0.455. The molecule has 0 spiro atoms. The molecule has 2 heterocycles. The monoisotopic (exact) mass is 255 g/mol. The summed E-state index contributed by atoms with van der Waals surface area (Å²) >= 11 is 5.94. The van der Waals surface area contributed by atoms with Crippen LogP contribution in [0.1, 0.15) is 16.8 Å². The van der Waals surface area contributed by atoms with Gasteiger partial charge in [0, 0.05) is 26.4 Å². The Balaban J connectivity index is 2.17. The first kappa shape index (κ1) is 12.1. The van der Waals surface area contributed by atoms with Crippen molar-refractivity contribution in [2.24, 2.45) is 0 Å². The van der Waals surface area contributed by atoms with Crippen molar-refractivity contribution < 1.29 is 9.53 Å². The summed E-state index contributed by atoms with van der Waals surface area (Å²) in [5, 5.41) is 0.324. The van der Waals surface area contributed by atoms with Crippen LogP contribution in [0, 0.1) is 0 Å². The van der Waals surface area contributed by atoms with Gasteiger partial charge in [0.25, 0.3) is 5.91 Å². The Morgan fingerprint density at radius 1 is 1.71 bits per heavy atom. The molecule has 0 saturated carbocycles. The van der Waals surface area contributed by atoms with Gasteiger partial charge in [0.05, 0.1) is 16.7 Å². The zero-order valence-electron chi connectivity index (χ0n) is 9.52. The van der Waals surface area contributed by atoms with Crippen molar-refractivity contribution in [3.05, 3.63) is 22.8 Å². The minimum atomic E-state index is -0.122. The molecule has 2 rings (SSSR count). The third kappa shape index (κ3) is 2.50. The normalized spacial score (nSPS) is 19.6. The van der Waals surface area contributed by atoms with Crippen molar-refractivity contribution in [1.29, 1.82) is 0 Å². The van der Waals surface area contributed by atoms with Gasteiger partial charge in [-0.05, 0) is 12.5 Å². The number of aromatic nitrogens is 1. The van der Waals surface area contributed by atoms with Gasteiger partial charge >= 0.3 is 0 Å². The van der Waals surface area contributed by atoms with Crippen molar-refractivity contribution in [3.8, 4) is 0 Å². The summed E-state index contributed by atoms with van der Waals surface area (Å²) in [5.74, 6) is 0.170. The van der Waals surface area contributed by atoms with Crippen LogP contribution in [-0.4, -0.2) is 42.1 Å². The Morgan fingerprint density at radius 2 is 2.47 bits per heavy atom. The molecular formula is C11H14ClN3O2. The number of ether oxygens (including phenoxy) is 1. The predicted octanol–water partition coefficient (Wildman–Crippen LogP) is 1.18. The summed E-state index contributed by atoms with van der Waals surface area (Å²) in [7, 11) is 1.65. The molecule has 0 radical (unpaired) electrons. The van der Waals surface area contributed by atoms with Crippen molar-refractivity contribution in [1.82, 2.24) is 9.88 Å². The Kier molecular flexibility index (Phi) is 3.49. The summed E-state index contributed by atoms with van der Waals surface area (Å²) in [6.07, 6.45) is 2.35. The van der Waals surface area contributed by atoms with Crippen LogP contribution in [0.2, 0.25) is 5.02 Å². The molecule has 1 amide bonds. The van der Waals surface area contributed by atoms with Crippen molar-refractivity contribution >= 4 is 23.3 Å². The van der Waals surface area contributed by atoms with Gasteiger partial charge in [-0.1, -0.05) is 11.6 Å². The summed E-state index contributed by atoms with van der Waals surface area (Å²) in [5.41, 5.74) is 5.95. The molecule has 1 unspecified atom stereocenters. The second-order valence-electron chi connectivity index (χ2n) is 3.99. The SMILES string of the molecule is COC1CCN(C(=O)c2cc(N)ncc2Cl)C1. The van der Waals surface area contributed by atoms with E-state index in [4.69, 9.17) is 22.1 Å². The van der Waals surface area contributed by atoms with E-state index in [9.17, 15) is 4.79 Å². The standard InChI is InChI=1S/C11H14ClN3O2/c1-17-7-2-3-15(6-7)11(16)8-4-10(13)14-5-9(8)12/h4-5,7H,2-3,6H2,1H3,(H2,13,14). The molecule has 1 atom stereocenters. The Morgan fingerprint density at radius 3 is 3.12 bits per heavy atom. The van der Waals surface area contributed by atoms with Crippen molar-refractivity contribution in [2.45, 2.75) is 12.5 Å². The molecule has 92 valence electrons. The zero-order valence-corrected chi connectivity index (χ0v) is 10.3. The van der Waals surface area contributed by atoms with E-state index in [1.54, 1.807) is 12.0 Å². The fourth-order valence-electron chi connectivity index (χ4n) is 1.89. The number of nitrogens with zero attached hydrogens (tertiary/aromatic N) is 2. The molecule has 1 fully saturated rings. The molecule has 0 aliphatic carbocycles. The lowest BCUT2D eigenvalue weighted by Gasteiger charge is -2.16. The summed E-state index contributed by atoms with van der Waals surface area (Å²) in [6, 6.07) is 1.50. The van der Waals surface area contributed by atoms with E-state index < -0.39 is 0 Å². The maximum Gasteiger partial charge on any atom is 0.255 e. The second-order valence-corrected chi connectivity index (χ2v) is 4.39. The van der Waals surface area contributed by atoms with E-state index in [2.05, 4.69) is 4.98 Å². The highest BCUT2D eigenvalue weighted by Gasteiger charge is 2.27. The molecule has 1 aliphatic heterocycles. The first-order chi connectivity index (χ1) is 8.11. The minimum Gasteiger partial charge on any atom is -0.384 e. The number of anilines is 1. The van der Waals surface area contributed by atoms with Gasteiger partial charge in [-0.25, -0.2) is 4.98 Å². The number of carbonyl (C=O) groups excluding carboxylic acids is 1. The summed E-state index contributed by atoms with van der Waals surface area (Å²) in [6.45, 7) is 1.27. The van der Waals surface area contributed by atoms with Gasteiger partial charge in [0.2, 0.25) is 0 Å². The highest BCUT2D eigenvalue weighted by Crippen LogP contribution is 2.21. The van der Waals surface area contributed by atoms with Crippen molar-refractivity contribution in [3.63, 3.8) is 0 Å². The van der Waals surface area contributed by atoms with Crippen LogP contribution in [0.15, 0.2) is 12.3 Å². The van der Waals surface area contributed by atoms with Gasteiger partial charge in [0.1, 0.15) is 5.82 Å². The van der Waals surface area contributed by atoms with Gasteiger partial charge in [-0.15, -0.1) is 0 Å². The average Bonchev–Trinajstić information content (AvgIpc) is 2.80. The number of hydrogen-bond acceptors (Lipinski definition) is 4. The number of carbonyl (C=O) groups is 1. The van der Waals surface area contributed by atoms with Crippen LogP contribution >= 0.6 is 11.6 Å². The number of methoxy groups -OCH3 is 1. The zero-order chi connectivity index (χ0) is 12.4. The molecule has 1 aromatic heterocycles. The third-order valence-electron chi connectivity index (χ3n) is 2.87. The van der Waals surface area contributed by atoms with E-state index in [0.29, 0.717) is 29.5 Å². The molecule has 6 heteroatoms. The lowest BCUT2D eigenvalue weighted by Crippen LogP contribution is -2.30. The molecule has 17 heavy (non-hydrogen) atoms. The molecule has 1 aromatic rings. The number of halogens is 1. The van der Waals surface area contributed by atoms with E-state index in [0.717, 1.165) is 6.42 Å². The largest absolute Gasteiger partial charge is 0.384 e. The van der Waals surface area contributed by atoms with E-state index >= 15 is 0 Å². The molecule has 1 aliphatic rings. The van der Waals surface area contributed by atoms with Gasteiger partial charge < -0.3 is 15.4 Å². The highest BCUT2D eigenvalue weighted by atomic mass is 35.5. The Bertz CT molecular complexity index is 439. The molecule has 2 N–H and O–H groups in total. The average molecular weight is 256 g/mol. The van der Waals surface area contributed by atoms with Crippen LogP contribution in [0.25, 0.3) is 0 Å². The summed E-state index contributed by atoms with van der Waals surface area (Å²) in [4.78, 5) is 17.7. The van der Waals surface area contributed by atoms with Gasteiger partial charge in [0.15, 0.2) is 0 Å². The van der Waals surface area contributed by atoms with E-state index in [1.165, 1.54) is 12.3 Å². The lowest BCUT2D eigenvalue weighted by atomic mass is 10.2. The number of nitrogen functional groups attached to an aromatic ring is 1. The van der Waals surface area contributed by atoms with Gasteiger partial charge in [-0.3, -0.25) is 4.79 Å². The van der Waals surface area contributed by atoms with Crippen LogP contribution in [-0.2, 0) is 4.74 Å². The molecule has 0 aromatic carbocycles. The molecule has 1 saturated heterocycles. The van der Waals surface area contributed by atoms with Crippen LogP contribution < -0.4 is 5.73 Å². The predicted molar refractivity (Wildman–Crippen MR) is 65.0 cm³/mol. The Hall–Kier alpha value is -1.33. The molecular weight excluding hydrogens is 242 g/mol. The number of pyridine rings is 1. The second kappa shape index (κ2) is 4.89. The van der Waals surface area contributed by atoms with Crippen LogP contribution in [0.3, 0.4) is 0 Å². The number of nitrogens with two attached hydrogens (primary N) is 1. The quantitative estimate of drug-likeness (QED) is 0.862. The van der Waals surface area contributed by atoms with E-state index in [-0.39, 0.29) is 12.0 Å². The number of amides is 1. The number of hydrogen-bond donors (Lipinski definition) is 1. The number of rotatable bonds is 2. The first-order valence-electron chi connectivity index (χ1n) is 5.35. The van der Waals surface area contributed by atoms with Crippen molar-refractivity contribution in [2.75, 3.05) is 25.9 Å². The third-order valence-corrected chi connectivity index (χ3v) is 3.17. The minimum absolute atomic E-state index is 0.108. The van der Waals surface area contributed by atoms with Gasteiger partial charge in [-0.2, -0.15) is 0 Å². The maximum atomic E-state index is 12.2.